The maximum Gasteiger partial charge on any atom is 0.122 e. The number of benzene rings is 1. The highest BCUT2D eigenvalue weighted by Gasteiger charge is 2.39. The lowest BCUT2D eigenvalue weighted by molar-refractivity contribution is 0.190. The zero-order valence-corrected chi connectivity index (χ0v) is 11.0. The molecule has 0 heterocycles. The summed E-state index contributed by atoms with van der Waals surface area (Å²) >= 11 is 0. The maximum absolute atomic E-state index is 5.44. The molecule has 0 bridgehead atoms. The fourth-order valence-electron chi connectivity index (χ4n) is 2.71. The molecule has 1 fully saturated rings. The normalized spacial score (nSPS) is 27.4. The molecule has 0 radical (unpaired) electrons. The van der Waals surface area contributed by atoms with Crippen LogP contribution in [-0.2, 0) is 0 Å². The Morgan fingerprint density at radius 2 is 2.00 bits per heavy atom. The Morgan fingerprint density at radius 1 is 1.24 bits per heavy atom. The molecule has 3 atom stereocenters. The van der Waals surface area contributed by atoms with Crippen LogP contribution in [0.15, 0.2) is 18.2 Å². The largest absolute Gasteiger partial charge is 0.497 e. The van der Waals surface area contributed by atoms with Gasteiger partial charge in [-0.2, -0.15) is 0 Å². The Hall–Kier alpha value is -1.22. The second-order valence-electron chi connectivity index (χ2n) is 4.70. The van der Waals surface area contributed by atoms with Gasteiger partial charge in [-0.1, -0.05) is 6.92 Å². The summed E-state index contributed by atoms with van der Waals surface area (Å²) in [5, 5.41) is 3.34. The van der Waals surface area contributed by atoms with Crippen molar-refractivity contribution >= 4 is 0 Å². The second-order valence-corrected chi connectivity index (χ2v) is 4.70. The van der Waals surface area contributed by atoms with Crippen LogP contribution < -0.4 is 14.8 Å². The molecular weight excluding hydrogens is 214 g/mol. The number of rotatable bonds is 4. The van der Waals surface area contributed by atoms with E-state index in [1.54, 1.807) is 14.2 Å². The molecule has 0 spiro atoms. The molecule has 1 aromatic rings. The fraction of sp³-hybridized carbons (Fsp3) is 0.571. The van der Waals surface area contributed by atoms with Gasteiger partial charge in [-0.3, -0.25) is 0 Å². The Balaban J connectivity index is 2.25. The lowest BCUT2D eigenvalue weighted by Gasteiger charge is -2.43. The van der Waals surface area contributed by atoms with Crippen molar-refractivity contribution in [2.45, 2.75) is 25.3 Å². The first-order chi connectivity index (χ1) is 8.21. The molecule has 0 amide bonds. The number of ether oxygens (including phenoxy) is 2. The highest BCUT2D eigenvalue weighted by atomic mass is 16.5. The Labute approximate surface area is 103 Å². The van der Waals surface area contributed by atoms with E-state index in [1.165, 1.54) is 12.0 Å². The minimum absolute atomic E-state index is 0.567. The van der Waals surface area contributed by atoms with Crippen molar-refractivity contribution in [3.8, 4) is 11.5 Å². The molecule has 1 aromatic carbocycles. The van der Waals surface area contributed by atoms with Gasteiger partial charge in [0, 0.05) is 11.6 Å². The predicted molar refractivity (Wildman–Crippen MR) is 68.9 cm³/mol. The average molecular weight is 235 g/mol. The smallest absolute Gasteiger partial charge is 0.122 e. The predicted octanol–water partition coefficient (Wildman–Crippen LogP) is 2.42. The summed E-state index contributed by atoms with van der Waals surface area (Å²) in [6.07, 6.45) is 1.17. The molecule has 1 saturated carbocycles. The Morgan fingerprint density at radius 3 is 2.53 bits per heavy atom. The van der Waals surface area contributed by atoms with Gasteiger partial charge in [-0.15, -0.1) is 0 Å². The summed E-state index contributed by atoms with van der Waals surface area (Å²) < 4.78 is 10.7. The van der Waals surface area contributed by atoms with Gasteiger partial charge in [-0.25, -0.2) is 0 Å². The van der Waals surface area contributed by atoms with E-state index in [0.29, 0.717) is 17.9 Å². The van der Waals surface area contributed by atoms with E-state index in [4.69, 9.17) is 9.47 Å². The summed E-state index contributed by atoms with van der Waals surface area (Å²) in [5.74, 6) is 3.08. The average Bonchev–Trinajstić information content (AvgIpc) is 2.37. The van der Waals surface area contributed by atoms with Gasteiger partial charge in [0.15, 0.2) is 0 Å². The van der Waals surface area contributed by atoms with Crippen LogP contribution in [0.1, 0.15) is 24.8 Å². The first-order valence-electron chi connectivity index (χ1n) is 6.10. The van der Waals surface area contributed by atoms with E-state index in [2.05, 4.69) is 18.3 Å². The van der Waals surface area contributed by atoms with Crippen LogP contribution in [0, 0.1) is 5.92 Å². The maximum atomic E-state index is 5.44. The number of nitrogens with one attached hydrogen (secondary N) is 1. The summed E-state index contributed by atoms with van der Waals surface area (Å²) in [4.78, 5) is 0. The van der Waals surface area contributed by atoms with E-state index in [9.17, 15) is 0 Å². The van der Waals surface area contributed by atoms with Crippen LogP contribution in [0.3, 0.4) is 0 Å². The van der Waals surface area contributed by atoms with E-state index in [0.717, 1.165) is 11.5 Å². The first-order valence-corrected chi connectivity index (χ1v) is 6.10. The lowest BCUT2D eigenvalue weighted by Crippen LogP contribution is -2.46. The van der Waals surface area contributed by atoms with Crippen molar-refractivity contribution in [2.75, 3.05) is 21.3 Å². The third-order valence-corrected chi connectivity index (χ3v) is 3.98. The van der Waals surface area contributed by atoms with E-state index in [-0.39, 0.29) is 0 Å². The number of hydrogen-bond donors (Lipinski definition) is 1. The molecule has 3 nitrogen and oxygen atoms in total. The molecule has 3 heteroatoms. The van der Waals surface area contributed by atoms with Crippen molar-refractivity contribution < 1.29 is 9.47 Å². The Bertz CT molecular complexity index is 392. The molecule has 17 heavy (non-hydrogen) atoms. The van der Waals surface area contributed by atoms with Crippen molar-refractivity contribution in [3.63, 3.8) is 0 Å². The van der Waals surface area contributed by atoms with Crippen LogP contribution >= 0.6 is 0 Å². The van der Waals surface area contributed by atoms with Gasteiger partial charge < -0.3 is 14.8 Å². The summed E-state index contributed by atoms with van der Waals surface area (Å²) in [7, 11) is 5.45. The van der Waals surface area contributed by atoms with E-state index in [1.807, 2.05) is 19.2 Å². The molecule has 1 aliphatic rings. The van der Waals surface area contributed by atoms with Crippen molar-refractivity contribution in [3.05, 3.63) is 23.8 Å². The van der Waals surface area contributed by atoms with Gasteiger partial charge in [0.05, 0.1) is 14.2 Å². The molecule has 0 aliphatic heterocycles. The van der Waals surface area contributed by atoms with Gasteiger partial charge >= 0.3 is 0 Å². The summed E-state index contributed by atoms with van der Waals surface area (Å²) in [6.45, 7) is 2.29. The van der Waals surface area contributed by atoms with Gasteiger partial charge in [0.2, 0.25) is 0 Å². The number of methoxy groups -OCH3 is 2. The van der Waals surface area contributed by atoms with Crippen LogP contribution in [-0.4, -0.2) is 27.3 Å². The van der Waals surface area contributed by atoms with Gasteiger partial charge in [0.1, 0.15) is 11.5 Å². The summed E-state index contributed by atoms with van der Waals surface area (Å²) in [5.41, 5.74) is 1.27. The lowest BCUT2D eigenvalue weighted by atomic mass is 9.67. The van der Waals surface area contributed by atoms with Crippen LogP contribution in [0.25, 0.3) is 0 Å². The molecule has 0 saturated heterocycles. The highest BCUT2D eigenvalue weighted by molar-refractivity contribution is 5.44. The zero-order valence-electron chi connectivity index (χ0n) is 11.0. The van der Waals surface area contributed by atoms with Crippen molar-refractivity contribution in [1.29, 1.82) is 0 Å². The summed E-state index contributed by atoms with van der Waals surface area (Å²) in [6, 6.07) is 6.66. The minimum Gasteiger partial charge on any atom is -0.497 e. The minimum atomic E-state index is 0.567. The van der Waals surface area contributed by atoms with Crippen LogP contribution in [0.4, 0.5) is 0 Å². The SMILES string of the molecule is CNC1CC(c2cc(OC)ccc2OC)C1C. The monoisotopic (exact) mass is 235 g/mol. The van der Waals surface area contributed by atoms with Crippen LogP contribution in [0.2, 0.25) is 0 Å². The second kappa shape index (κ2) is 4.96. The van der Waals surface area contributed by atoms with E-state index >= 15 is 0 Å². The Kier molecular flexibility index (Phi) is 3.57. The molecule has 94 valence electrons. The molecule has 3 unspecified atom stereocenters. The zero-order chi connectivity index (χ0) is 12.4. The third kappa shape index (κ3) is 2.12. The standard InChI is InChI=1S/C14H21NO2/c1-9-11(8-13(9)15-2)12-7-10(16-3)5-6-14(12)17-4/h5-7,9,11,13,15H,8H2,1-4H3. The molecule has 0 aromatic heterocycles. The first kappa shape index (κ1) is 12.2. The topological polar surface area (TPSA) is 30.5 Å². The molecular formula is C14H21NO2. The van der Waals surface area contributed by atoms with E-state index < -0.39 is 0 Å². The number of hydrogen-bond acceptors (Lipinski definition) is 3. The van der Waals surface area contributed by atoms with Crippen molar-refractivity contribution in [2.24, 2.45) is 5.92 Å². The molecule has 1 aliphatic carbocycles. The van der Waals surface area contributed by atoms with Crippen molar-refractivity contribution in [1.82, 2.24) is 5.32 Å². The molecule has 2 rings (SSSR count). The van der Waals surface area contributed by atoms with Gasteiger partial charge in [-0.05, 0) is 43.5 Å². The van der Waals surface area contributed by atoms with Gasteiger partial charge in [0.25, 0.3) is 0 Å². The fourth-order valence-corrected chi connectivity index (χ4v) is 2.71. The third-order valence-electron chi connectivity index (χ3n) is 3.98. The highest BCUT2D eigenvalue weighted by Crippen LogP contribution is 2.46. The molecule has 1 N–H and O–H groups in total. The van der Waals surface area contributed by atoms with Crippen LogP contribution in [0.5, 0.6) is 11.5 Å². The quantitative estimate of drug-likeness (QED) is 0.869.